The predicted molar refractivity (Wildman–Crippen MR) is 66.1 cm³/mol. The third kappa shape index (κ3) is 3.97. The molecule has 1 aromatic rings. The van der Waals surface area contributed by atoms with Gasteiger partial charge in [0.2, 0.25) is 0 Å². The van der Waals surface area contributed by atoms with E-state index in [0.29, 0.717) is 24.1 Å². The predicted octanol–water partition coefficient (Wildman–Crippen LogP) is 2.10. The molecule has 0 aromatic heterocycles. The Morgan fingerprint density at radius 2 is 2.18 bits per heavy atom. The van der Waals surface area contributed by atoms with Crippen molar-refractivity contribution in [3.63, 3.8) is 0 Å². The fourth-order valence-electron chi connectivity index (χ4n) is 1.44. The van der Waals surface area contributed by atoms with E-state index in [4.69, 9.17) is 14.7 Å². The van der Waals surface area contributed by atoms with Crippen molar-refractivity contribution < 1.29 is 9.47 Å². The van der Waals surface area contributed by atoms with Gasteiger partial charge < -0.3 is 14.8 Å². The maximum absolute atomic E-state index is 8.57. The summed E-state index contributed by atoms with van der Waals surface area (Å²) in [5.74, 6) is 1.30. The van der Waals surface area contributed by atoms with Gasteiger partial charge in [0.1, 0.15) is 6.07 Å². The minimum absolute atomic E-state index is 0.0229. The number of para-hydroxylation sites is 1. The van der Waals surface area contributed by atoms with Crippen molar-refractivity contribution in [1.29, 1.82) is 5.26 Å². The maximum Gasteiger partial charge on any atom is 0.174 e. The Hall–Kier alpha value is -1.73. The minimum atomic E-state index is 0.0229. The molecule has 0 aliphatic rings. The molecule has 0 radical (unpaired) electrons. The van der Waals surface area contributed by atoms with E-state index in [0.717, 1.165) is 5.56 Å². The second-order valence-electron chi connectivity index (χ2n) is 3.93. The van der Waals surface area contributed by atoms with E-state index in [9.17, 15) is 0 Å². The lowest BCUT2D eigenvalue weighted by atomic mass is 10.1. The highest BCUT2D eigenvalue weighted by Gasteiger charge is 2.10. The number of hydrogen-bond donors (Lipinski definition) is 1. The fourth-order valence-corrected chi connectivity index (χ4v) is 1.44. The van der Waals surface area contributed by atoms with Crippen LogP contribution in [0.2, 0.25) is 0 Å². The Morgan fingerprint density at radius 3 is 2.76 bits per heavy atom. The molecular formula is C13H18N2O2. The van der Waals surface area contributed by atoms with Crippen LogP contribution in [0, 0.1) is 11.3 Å². The van der Waals surface area contributed by atoms with E-state index in [1.54, 1.807) is 7.11 Å². The van der Waals surface area contributed by atoms with Crippen molar-refractivity contribution in [2.24, 2.45) is 0 Å². The molecule has 0 heterocycles. The van der Waals surface area contributed by atoms with Crippen LogP contribution in [0.4, 0.5) is 0 Å². The highest BCUT2D eigenvalue weighted by atomic mass is 16.5. The largest absolute Gasteiger partial charge is 0.493 e. The van der Waals surface area contributed by atoms with Gasteiger partial charge in [-0.1, -0.05) is 26.0 Å². The topological polar surface area (TPSA) is 54.3 Å². The molecule has 0 fully saturated rings. The van der Waals surface area contributed by atoms with E-state index in [-0.39, 0.29) is 6.61 Å². The van der Waals surface area contributed by atoms with E-state index >= 15 is 0 Å². The molecule has 0 saturated heterocycles. The van der Waals surface area contributed by atoms with Gasteiger partial charge in [0, 0.05) is 18.2 Å². The number of nitriles is 1. The molecule has 0 aliphatic heterocycles. The second kappa shape index (κ2) is 6.77. The van der Waals surface area contributed by atoms with Crippen molar-refractivity contribution in [1.82, 2.24) is 5.32 Å². The molecule has 0 aliphatic carbocycles. The number of benzene rings is 1. The number of nitrogens with one attached hydrogen (secondary N) is 1. The second-order valence-corrected chi connectivity index (χ2v) is 3.93. The van der Waals surface area contributed by atoms with Gasteiger partial charge in [-0.05, 0) is 6.07 Å². The van der Waals surface area contributed by atoms with Gasteiger partial charge in [-0.2, -0.15) is 5.26 Å². The van der Waals surface area contributed by atoms with Crippen LogP contribution in [0.5, 0.6) is 11.5 Å². The lowest BCUT2D eigenvalue weighted by Crippen LogP contribution is -2.22. The molecule has 0 amide bonds. The van der Waals surface area contributed by atoms with E-state index in [1.165, 1.54) is 0 Å². The molecule has 0 saturated carbocycles. The first-order valence-corrected chi connectivity index (χ1v) is 5.58. The smallest absolute Gasteiger partial charge is 0.174 e. The molecule has 17 heavy (non-hydrogen) atoms. The van der Waals surface area contributed by atoms with Gasteiger partial charge in [0.15, 0.2) is 18.1 Å². The summed E-state index contributed by atoms with van der Waals surface area (Å²) in [6.45, 7) is 4.87. The Balaban J connectivity index is 2.89. The van der Waals surface area contributed by atoms with Gasteiger partial charge in [-0.25, -0.2) is 0 Å². The zero-order valence-electron chi connectivity index (χ0n) is 10.5. The first-order valence-electron chi connectivity index (χ1n) is 5.58. The molecular weight excluding hydrogens is 216 g/mol. The molecule has 4 heteroatoms. The summed E-state index contributed by atoms with van der Waals surface area (Å²) in [6.07, 6.45) is 0. The highest BCUT2D eigenvalue weighted by Crippen LogP contribution is 2.30. The number of rotatable bonds is 6. The molecule has 0 atom stereocenters. The first kappa shape index (κ1) is 13.3. The number of ether oxygens (including phenoxy) is 2. The number of nitrogens with zero attached hydrogens (tertiary/aromatic N) is 1. The summed E-state index contributed by atoms with van der Waals surface area (Å²) in [5, 5.41) is 11.9. The molecule has 92 valence electrons. The van der Waals surface area contributed by atoms with Crippen molar-refractivity contribution in [2.75, 3.05) is 13.7 Å². The van der Waals surface area contributed by atoms with E-state index in [1.807, 2.05) is 24.3 Å². The summed E-state index contributed by atoms with van der Waals surface area (Å²) in [6, 6.07) is 8.05. The SMILES string of the molecule is COc1cccc(CNC(C)C)c1OCC#N. The van der Waals surface area contributed by atoms with Crippen LogP contribution in [0.15, 0.2) is 18.2 Å². The van der Waals surface area contributed by atoms with Gasteiger partial charge in [-0.3, -0.25) is 0 Å². The third-order valence-corrected chi connectivity index (χ3v) is 2.26. The lowest BCUT2D eigenvalue weighted by Gasteiger charge is -2.15. The zero-order chi connectivity index (χ0) is 12.7. The van der Waals surface area contributed by atoms with Crippen molar-refractivity contribution in [2.45, 2.75) is 26.4 Å². The average molecular weight is 234 g/mol. The number of hydrogen-bond acceptors (Lipinski definition) is 4. The monoisotopic (exact) mass is 234 g/mol. The van der Waals surface area contributed by atoms with Gasteiger partial charge in [0.05, 0.1) is 7.11 Å². The standard InChI is InChI=1S/C13H18N2O2/c1-10(2)15-9-11-5-4-6-12(16-3)13(11)17-8-7-14/h4-6,10,15H,8-9H2,1-3H3. The lowest BCUT2D eigenvalue weighted by molar-refractivity contribution is 0.325. The summed E-state index contributed by atoms with van der Waals surface area (Å²) in [5.41, 5.74) is 0.994. The molecule has 0 spiro atoms. The van der Waals surface area contributed by atoms with Crippen LogP contribution in [0.25, 0.3) is 0 Å². The van der Waals surface area contributed by atoms with Gasteiger partial charge >= 0.3 is 0 Å². The molecule has 0 unspecified atom stereocenters. The van der Waals surface area contributed by atoms with Crippen molar-refractivity contribution in [3.8, 4) is 17.6 Å². The molecule has 1 N–H and O–H groups in total. The molecule has 1 rings (SSSR count). The normalized spacial score (nSPS) is 10.1. The van der Waals surface area contributed by atoms with Gasteiger partial charge in [-0.15, -0.1) is 0 Å². The molecule has 0 bridgehead atoms. The van der Waals surface area contributed by atoms with E-state index in [2.05, 4.69) is 19.2 Å². The maximum atomic E-state index is 8.57. The summed E-state index contributed by atoms with van der Waals surface area (Å²) >= 11 is 0. The van der Waals surface area contributed by atoms with E-state index < -0.39 is 0 Å². The van der Waals surface area contributed by atoms with Crippen molar-refractivity contribution in [3.05, 3.63) is 23.8 Å². The quantitative estimate of drug-likeness (QED) is 0.819. The molecule has 4 nitrogen and oxygen atoms in total. The Labute approximate surface area is 102 Å². The van der Waals surface area contributed by atoms with Crippen LogP contribution in [-0.2, 0) is 6.54 Å². The summed E-state index contributed by atoms with van der Waals surface area (Å²) in [4.78, 5) is 0. The van der Waals surface area contributed by atoms with Crippen LogP contribution in [0.1, 0.15) is 19.4 Å². The Morgan fingerprint density at radius 1 is 1.41 bits per heavy atom. The minimum Gasteiger partial charge on any atom is -0.493 e. The molecule has 1 aromatic carbocycles. The Bertz CT molecular complexity index is 397. The Kier molecular flexibility index (Phi) is 5.31. The van der Waals surface area contributed by atoms with Crippen molar-refractivity contribution >= 4 is 0 Å². The first-order chi connectivity index (χ1) is 8.19. The van der Waals surface area contributed by atoms with Crippen LogP contribution in [-0.4, -0.2) is 19.8 Å². The van der Waals surface area contributed by atoms with Gasteiger partial charge in [0.25, 0.3) is 0 Å². The third-order valence-electron chi connectivity index (χ3n) is 2.26. The average Bonchev–Trinajstić information content (AvgIpc) is 2.33. The van der Waals surface area contributed by atoms with Crippen LogP contribution < -0.4 is 14.8 Å². The van der Waals surface area contributed by atoms with Crippen LogP contribution in [0.3, 0.4) is 0 Å². The van der Waals surface area contributed by atoms with Crippen LogP contribution >= 0.6 is 0 Å². The summed E-state index contributed by atoms with van der Waals surface area (Å²) < 4.78 is 10.6. The highest BCUT2D eigenvalue weighted by molar-refractivity contribution is 5.46. The summed E-state index contributed by atoms with van der Waals surface area (Å²) in [7, 11) is 1.59. The number of methoxy groups -OCH3 is 1. The zero-order valence-corrected chi connectivity index (χ0v) is 10.5. The fraction of sp³-hybridized carbons (Fsp3) is 0.462.